The average molecular weight is 336 g/mol. The molecule has 1 aromatic rings. The Balaban J connectivity index is 0. The summed E-state index contributed by atoms with van der Waals surface area (Å²) in [6.07, 6.45) is 0.644. The number of carbonyl (C=O) groups excluding carboxylic acids is 1. The van der Waals surface area contributed by atoms with Crippen LogP contribution in [0.15, 0.2) is 24.3 Å². The Labute approximate surface area is 140 Å². The first kappa shape index (κ1) is 22.5. The zero-order valence-electron chi connectivity index (χ0n) is 13.0. The van der Waals surface area contributed by atoms with Crippen LogP contribution in [0.5, 0.6) is 0 Å². The smallest absolute Gasteiger partial charge is 0.241 e. The number of anilines is 1. The second-order valence-corrected chi connectivity index (χ2v) is 4.67. The molecule has 0 unspecified atom stereocenters. The minimum atomic E-state index is -0.438. The number of benzene rings is 1. The lowest BCUT2D eigenvalue weighted by atomic mass is 10.1. The summed E-state index contributed by atoms with van der Waals surface area (Å²) in [6, 6.07) is 7.51. The Morgan fingerprint density at radius 1 is 1.24 bits per heavy atom. The Kier molecular flexibility index (Phi) is 12.6. The van der Waals surface area contributed by atoms with Crippen molar-refractivity contribution in [3.8, 4) is 0 Å². The lowest BCUT2D eigenvalue weighted by Crippen LogP contribution is -2.34. The lowest BCUT2D eigenvalue weighted by Gasteiger charge is -2.18. The summed E-state index contributed by atoms with van der Waals surface area (Å²) < 4.78 is 0. The van der Waals surface area contributed by atoms with Gasteiger partial charge in [-0.25, -0.2) is 0 Å². The fourth-order valence-corrected chi connectivity index (χ4v) is 1.87. The van der Waals surface area contributed by atoms with Crippen LogP contribution in [-0.2, 0) is 11.3 Å². The van der Waals surface area contributed by atoms with Gasteiger partial charge in [-0.15, -0.1) is 24.8 Å². The summed E-state index contributed by atoms with van der Waals surface area (Å²) in [5.41, 5.74) is 7.72. The molecular weight excluding hydrogens is 309 g/mol. The fourth-order valence-electron chi connectivity index (χ4n) is 1.87. The Hall–Kier alpha value is -0.810. The van der Waals surface area contributed by atoms with Crippen molar-refractivity contribution in [2.75, 3.05) is 18.4 Å². The van der Waals surface area contributed by atoms with E-state index in [0.717, 1.165) is 25.3 Å². The molecule has 0 aliphatic rings. The number of amides is 1. The lowest BCUT2D eigenvalue weighted by molar-refractivity contribution is -0.117. The van der Waals surface area contributed by atoms with Crippen molar-refractivity contribution < 1.29 is 4.79 Å². The van der Waals surface area contributed by atoms with E-state index in [2.05, 4.69) is 30.1 Å². The predicted molar refractivity (Wildman–Crippen MR) is 94.5 cm³/mol. The summed E-state index contributed by atoms with van der Waals surface area (Å²) >= 11 is 0. The van der Waals surface area contributed by atoms with E-state index in [-0.39, 0.29) is 30.7 Å². The molecule has 1 amide bonds. The highest BCUT2D eigenvalue weighted by atomic mass is 35.5. The van der Waals surface area contributed by atoms with Gasteiger partial charge in [0.05, 0.1) is 6.04 Å². The summed E-state index contributed by atoms with van der Waals surface area (Å²) in [6.45, 7) is 9.14. The van der Waals surface area contributed by atoms with Crippen molar-refractivity contribution in [2.24, 2.45) is 5.73 Å². The molecule has 0 aliphatic heterocycles. The highest BCUT2D eigenvalue weighted by Gasteiger charge is 2.11. The van der Waals surface area contributed by atoms with Crippen LogP contribution in [0.4, 0.5) is 5.69 Å². The Morgan fingerprint density at radius 3 is 2.38 bits per heavy atom. The Bertz CT molecular complexity index is 412. The van der Waals surface area contributed by atoms with E-state index in [9.17, 15) is 4.79 Å². The molecule has 6 heteroatoms. The number of carbonyl (C=O) groups is 1. The van der Waals surface area contributed by atoms with Gasteiger partial charge in [0.25, 0.3) is 0 Å². The van der Waals surface area contributed by atoms with E-state index >= 15 is 0 Å². The number of hydrogen-bond acceptors (Lipinski definition) is 3. The molecule has 0 radical (unpaired) electrons. The highest BCUT2D eigenvalue weighted by Crippen LogP contribution is 2.13. The summed E-state index contributed by atoms with van der Waals surface area (Å²) in [5.74, 6) is -0.123. The largest absolute Gasteiger partial charge is 0.325 e. The van der Waals surface area contributed by atoms with Crippen molar-refractivity contribution in [1.82, 2.24) is 4.90 Å². The number of nitrogens with one attached hydrogen (secondary N) is 1. The van der Waals surface area contributed by atoms with Gasteiger partial charge < -0.3 is 11.1 Å². The standard InChI is InChI=1S/C15H25N3O.2ClH/c1-4-14(16)15(19)17-13-9-7-8-12(10-13)11-18(5-2)6-3;;/h7-10,14H,4-6,11,16H2,1-3H3,(H,17,19);2*1H/t14-;;/m0../s1. The molecule has 1 atom stereocenters. The van der Waals surface area contributed by atoms with Crippen LogP contribution in [0.25, 0.3) is 0 Å². The number of nitrogens with two attached hydrogens (primary N) is 1. The van der Waals surface area contributed by atoms with E-state index < -0.39 is 6.04 Å². The molecule has 1 aromatic carbocycles. The third-order valence-electron chi connectivity index (χ3n) is 3.27. The number of rotatable bonds is 7. The number of nitrogens with zero attached hydrogens (tertiary/aromatic N) is 1. The molecule has 1 rings (SSSR count). The van der Waals surface area contributed by atoms with Crippen LogP contribution in [0.1, 0.15) is 32.8 Å². The van der Waals surface area contributed by atoms with Gasteiger partial charge in [0.2, 0.25) is 5.91 Å². The average Bonchev–Trinajstić information content (AvgIpc) is 2.44. The molecule has 0 saturated heterocycles. The summed E-state index contributed by atoms with van der Waals surface area (Å²) in [4.78, 5) is 14.1. The van der Waals surface area contributed by atoms with Gasteiger partial charge in [0, 0.05) is 12.2 Å². The molecule has 0 spiro atoms. The van der Waals surface area contributed by atoms with E-state index in [0.29, 0.717) is 6.42 Å². The fraction of sp³-hybridized carbons (Fsp3) is 0.533. The van der Waals surface area contributed by atoms with Crippen molar-refractivity contribution in [2.45, 2.75) is 39.8 Å². The number of hydrogen-bond donors (Lipinski definition) is 2. The van der Waals surface area contributed by atoms with Gasteiger partial charge in [0.15, 0.2) is 0 Å². The van der Waals surface area contributed by atoms with Crippen LogP contribution >= 0.6 is 24.8 Å². The monoisotopic (exact) mass is 335 g/mol. The minimum absolute atomic E-state index is 0. The van der Waals surface area contributed by atoms with Crippen LogP contribution in [-0.4, -0.2) is 29.9 Å². The molecule has 0 aliphatic carbocycles. The minimum Gasteiger partial charge on any atom is -0.325 e. The van der Waals surface area contributed by atoms with Crippen molar-refractivity contribution >= 4 is 36.4 Å². The normalized spacial score (nSPS) is 11.3. The second-order valence-electron chi connectivity index (χ2n) is 4.67. The quantitative estimate of drug-likeness (QED) is 0.805. The SMILES string of the molecule is CC[C@H](N)C(=O)Nc1cccc(CN(CC)CC)c1.Cl.Cl. The zero-order valence-corrected chi connectivity index (χ0v) is 14.6. The third kappa shape index (κ3) is 7.67. The van der Waals surface area contributed by atoms with Crippen LogP contribution in [0.3, 0.4) is 0 Å². The maximum Gasteiger partial charge on any atom is 0.241 e. The highest BCUT2D eigenvalue weighted by molar-refractivity contribution is 5.94. The molecule has 3 N–H and O–H groups in total. The maximum atomic E-state index is 11.7. The molecule has 0 aromatic heterocycles. The van der Waals surface area contributed by atoms with Gasteiger partial charge in [-0.2, -0.15) is 0 Å². The van der Waals surface area contributed by atoms with Crippen LogP contribution in [0, 0.1) is 0 Å². The zero-order chi connectivity index (χ0) is 14.3. The van der Waals surface area contributed by atoms with Crippen LogP contribution < -0.4 is 11.1 Å². The molecule has 0 fully saturated rings. The van der Waals surface area contributed by atoms with Gasteiger partial charge in [-0.05, 0) is 37.2 Å². The second kappa shape index (κ2) is 11.8. The molecule has 21 heavy (non-hydrogen) atoms. The van der Waals surface area contributed by atoms with Crippen molar-refractivity contribution in [3.63, 3.8) is 0 Å². The third-order valence-corrected chi connectivity index (χ3v) is 3.27. The summed E-state index contributed by atoms with van der Waals surface area (Å²) in [5, 5.41) is 2.86. The van der Waals surface area contributed by atoms with Crippen molar-refractivity contribution in [1.29, 1.82) is 0 Å². The summed E-state index contributed by atoms with van der Waals surface area (Å²) in [7, 11) is 0. The predicted octanol–water partition coefficient (Wildman–Crippen LogP) is 3.05. The molecular formula is C15H27Cl2N3O. The maximum absolute atomic E-state index is 11.7. The number of halogens is 2. The first-order chi connectivity index (χ1) is 9.10. The van der Waals surface area contributed by atoms with E-state index in [1.165, 1.54) is 5.56 Å². The molecule has 122 valence electrons. The van der Waals surface area contributed by atoms with E-state index in [1.54, 1.807) is 0 Å². The van der Waals surface area contributed by atoms with Gasteiger partial charge >= 0.3 is 0 Å². The van der Waals surface area contributed by atoms with E-state index in [4.69, 9.17) is 5.73 Å². The first-order valence-electron chi connectivity index (χ1n) is 6.98. The molecule has 0 bridgehead atoms. The topological polar surface area (TPSA) is 58.4 Å². The Morgan fingerprint density at radius 2 is 1.86 bits per heavy atom. The first-order valence-corrected chi connectivity index (χ1v) is 6.98. The van der Waals surface area contributed by atoms with Crippen molar-refractivity contribution in [3.05, 3.63) is 29.8 Å². The molecule has 0 saturated carbocycles. The van der Waals surface area contributed by atoms with E-state index in [1.807, 2.05) is 25.1 Å². The van der Waals surface area contributed by atoms with Crippen LogP contribution in [0.2, 0.25) is 0 Å². The molecule has 4 nitrogen and oxygen atoms in total. The van der Waals surface area contributed by atoms with Gasteiger partial charge in [-0.1, -0.05) is 32.9 Å². The van der Waals surface area contributed by atoms with Gasteiger partial charge in [0.1, 0.15) is 0 Å². The van der Waals surface area contributed by atoms with Gasteiger partial charge in [-0.3, -0.25) is 9.69 Å². The molecule has 0 heterocycles.